The van der Waals surface area contributed by atoms with Crippen LogP contribution in [0.3, 0.4) is 0 Å². The molecule has 0 bridgehead atoms. The molecule has 1 atom stereocenters. The van der Waals surface area contributed by atoms with Gasteiger partial charge in [0.25, 0.3) is 0 Å². The zero-order chi connectivity index (χ0) is 27.5. The van der Waals surface area contributed by atoms with Crippen LogP contribution in [0.2, 0.25) is 0 Å². The van der Waals surface area contributed by atoms with Gasteiger partial charge in [0.1, 0.15) is 6.04 Å². The Hall–Kier alpha value is -3.99. The number of nitrogens with one attached hydrogen (secondary N) is 3. The van der Waals surface area contributed by atoms with E-state index < -0.39 is 6.04 Å². The molecule has 2 aliphatic heterocycles. The third kappa shape index (κ3) is 5.73. The summed E-state index contributed by atoms with van der Waals surface area (Å²) in [5.74, 6) is 0.992. The van der Waals surface area contributed by atoms with Crippen LogP contribution in [0, 0.1) is 6.92 Å². The van der Waals surface area contributed by atoms with Crippen LogP contribution in [-0.2, 0) is 20.9 Å². The highest BCUT2D eigenvalue weighted by molar-refractivity contribution is 6.00. The van der Waals surface area contributed by atoms with Crippen molar-refractivity contribution in [3.63, 3.8) is 0 Å². The largest absolute Gasteiger partial charge is 0.381 e. The van der Waals surface area contributed by atoms with Gasteiger partial charge in [-0.1, -0.05) is 26.5 Å². The van der Waals surface area contributed by atoms with Gasteiger partial charge in [-0.05, 0) is 61.4 Å². The lowest BCUT2D eigenvalue weighted by atomic mass is 10.0. The van der Waals surface area contributed by atoms with Gasteiger partial charge in [0.05, 0.1) is 6.20 Å². The number of hydrogen-bond donors (Lipinski definition) is 3. The minimum absolute atomic E-state index is 0.196. The monoisotopic (exact) mass is 532 g/mol. The molecule has 0 radical (unpaired) electrons. The Bertz CT molecular complexity index is 1380. The smallest absolute Gasteiger partial charge is 0.247 e. The standard InChI is InChI=1S/C28H36N8O3/c1-5-24(37)35-11-8-23(35)26(38)31-21-7-6-18(4)19(14-21)15-29-28-34-27(32-20-9-12-39-13-10-20)33-25-22(17(2)3)16-30-36(25)28/h5-7,14,16-17,20,23H,1,8-13,15H2,2-4H3,(H,31,38)(H2,29,32,33,34). The van der Waals surface area contributed by atoms with Crippen molar-refractivity contribution < 1.29 is 14.3 Å². The number of likely N-dealkylation sites (tertiary alicyclic amines) is 1. The van der Waals surface area contributed by atoms with E-state index in [1.54, 1.807) is 4.52 Å². The van der Waals surface area contributed by atoms with E-state index in [1.807, 2.05) is 31.3 Å². The molecule has 3 N–H and O–H groups in total. The fourth-order valence-electron chi connectivity index (χ4n) is 4.89. The summed E-state index contributed by atoms with van der Waals surface area (Å²) in [5, 5.41) is 14.4. The van der Waals surface area contributed by atoms with E-state index in [1.165, 1.54) is 11.0 Å². The molecule has 11 heteroatoms. The summed E-state index contributed by atoms with van der Waals surface area (Å²) in [5.41, 5.74) is 4.57. The Kier molecular flexibility index (Phi) is 7.78. The number of aryl methyl sites for hydroxylation is 1. The Morgan fingerprint density at radius 2 is 2.00 bits per heavy atom. The maximum Gasteiger partial charge on any atom is 0.247 e. The minimum Gasteiger partial charge on any atom is -0.381 e. The predicted octanol–water partition coefficient (Wildman–Crippen LogP) is 3.48. The molecule has 0 spiro atoms. The number of ether oxygens (including phenoxy) is 1. The Labute approximate surface area is 228 Å². The first-order chi connectivity index (χ1) is 18.8. The van der Waals surface area contributed by atoms with Crippen molar-refractivity contribution in [1.82, 2.24) is 24.5 Å². The lowest BCUT2D eigenvalue weighted by Crippen LogP contribution is -2.56. The van der Waals surface area contributed by atoms with Gasteiger partial charge >= 0.3 is 0 Å². The molecule has 39 heavy (non-hydrogen) atoms. The van der Waals surface area contributed by atoms with Gasteiger partial charge < -0.3 is 25.6 Å². The summed E-state index contributed by atoms with van der Waals surface area (Å²) in [7, 11) is 0. The van der Waals surface area contributed by atoms with Crippen molar-refractivity contribution in [2.45, 2.75) is 64.6 Å². The fourth-order valence-corrected chi connectivity index (χ4v) is 4.89. The topological polar surface area (TPSA) is 126 Å². The molecule has 2 fully saturated rings. The van der Waals surface area contributed by atoms with E-state index in [9.17, 15) is 9.59 Å². The lowest BCUT2D eigenvalue weighted by Gasteiger charge is -2.39. The SMILES string of the molecule is C=CC(=O)N1CCC1C(=O)Nc1ccc(C)c(CNc2nc(NC3CCOCC3)nc3c(C(C)C)cnn23)c1. The average molecular weight is 533 g/mol. The van der Waals surface area contributed by atoms with Crippen LogP contribution in [0.4, 0.5) is 17.6 Å². The van der Waals surface area contributed by atoms with Crippen molar-refractivity contribution in [2.75, 3.05) is 35.7 Å². The third-order valence-corrected chi connectivity index (χ3v) is 7.41. The van der Waals surface area contributed by atoms with Crippen LogP contribution in [-0.4, -0.2) is 68.1 Å². The van der Waals surface area contributed by atoms with Crippen LogP contribution in [0.1, 0.15) is 55.7 Å². The summed E-state index contributed by atoms with van der Waals surface area (Å²) in [6, 6.07) is 5.58. The molecule has 4 heterocycles. The molecule has 2 aromatic heterocycles. The summed E-state index contributed by atoms with van der Waals surface area (Å²) in [6.07, 6.45) is 5.55. The van der Waals surface area contributed by atoms with Crippen LogP contribution in [0.25, 0.3) is 5.65 Å². The fraction of sp³-hybridized carbons (Fsp3) is 0.464. The predicted molar refractivity (Wildman–Crippen MR) is 150 cm³/mol. The van der Waals surface area contributed by atoms with Gasteiger partial charge in [-0.2, -0.15) is 19.6 Å². The molecule has 0 aliphatic carbocycles. The Balaban J connectivity index is 1.34. The van der Waals surface area contributed by atoms with Crippen molar-refractivity contribution >= 4 is 35.0 Å². The van der Waals surface area contributed by atoms with Gasteiger partial charge in [-0.25, -0.2) is 0 Å². The Morgan fingerprint density at radius 3 is 2.69 bits per heavy atom. The van der Waals surface area contributed by atoms with Gasteiger partial charge in [-0.15, -0.1) is 0 Å². The number of fused-ring (bicyclic) bond motifs is 1. The van der Waals surface area contributed by atoms with E-state index >= 15 is 0 Å². The summed E-state index contributed by atoms with van der Waals surface area (Å²) < 4.78 is 7.23. The number of nitrogens with zero attached hydrogens (tertiary/aromatic N) is 5. The van der Waals surface area contributed by atoms with E-state index in [4.69, 9.17) is 14.7 Å². The normalized spacial score (nSPS) is 17.6. The average Bonchev–Trinajstić information content (AvgIpc) is 3.33. The number of amides is 2. The first kappa shape index (κ1) is 26.6. The molecule has 0 saturated carbocycles. The number of benzene rings is 1. The van der Waals surface area contributed by atoms with Crippen molar-refractivity contribution in [3.8, 4) is 0 Å². The van der Waals surface area contributed by atoms with Gasteiger partial charge in [0.2, 0.25) is 23.7 Å². The number of carbonyl (C=O) groups is 2. The first-order valence-corrected chi connectivity index (χ1v) is 13.5. The Morgan fingerprint density at radius 1 is 1.21 bits per heavy atom. The molecule has 11 nitrogen and oxygen atoms in total. The molecular weight excluding hydrogens is 496 g/mol. The second kappa shape index (κ2) is 11.4. The highest BCUT2D eigenvalue weighted by Crippen LogP contribution is 2.25. The maximum atomic E-state index is 12.8. The molecule has 2 aliphatic rings. The summed E-state index contributed by atoms with van der Waals surface area (Å²) >= 11 is 0. The number of hydrogen-bond acceptors (Lipinski definition) is 8. The minimum atomic E-state index is -0.468. The molecule has 3 aromatic rings. The second-order valence-corrected chi connectivity index (χ2v) is 10.4. The van der Waals surface area contributed by atoms with Gasteiger partial charge in [0.15, 0.2) is 5.65 Å². The first-order valence-electron chi connectivity index (χ1n) is 13.5. The molecule has 2 saturated heterocycles. The van der Waals surface area contributed by atoms with Gasteiger partial charge in [0, 0.05) is 43.6 Å². The number of carbonyl (C=O) groups excluding carboxylic acids is 2. The lowest BCUT2D eigenvalue weighted by molar-refractivity contribution is -0.141. The molecular formula is C28H36N8O3. The zero-order valence-electron chi connectivity index (χ0n) is 22.7. The summed E-state index contributed by atoms with van der Waals surface area (Å²) in [4.78, 5) is 35.8. The molecule has 5 rings (SSSR count). The molecule has 206 valence electrons. The highest BCUT2D eigenvalue weighted by atomic mass is 16.5. The highest BCUT2D eigenvalue weighted by Gasteiger charge is 2.36. The van der Waals surface area contributed by atoms with Gasteiger partial charge in [-0.3, -0.25) is 9.59 Å². The van der Waals surface area contributed by atoms with Crippen molar-refractivity contribution in [1.29, 1.82) is 0 Å². The number of anilines is 3. The summed E-state index contributed by atoms with van der Waals surface area (Å²) in [6.45, 7) is 12.3. The molecule has 2 amide bonds. The van der Waals surface area contributed by atoms with E-state index in [2.05, 4.69) is 41.5 Å². The van der Waals surface area contributed by atoms with E-state index in [-0.39, 0.29) is 23.8 Å². The van der Waals surface area contributed by atoms with Crippen LogP contribution in [0.5, 0.6) is 0 Å². The third-order valence-electron chi connectivity index (χ3n) is 7.41. The molecule has 1 unspecified atom stereocenters. The quantitative estimate of drug-likeness (QED) is 0.358. The number of aromatic nitrogens is 4. The second-order valence-electron chi connectivity index (χ2n) is 10.4. The van der Waals surface area contributed by atoms with Crippen LogP contribution in [0.15, 0.2) is 37.1 Å². The number of rotatable bonds is 9. The molecule has 1 aromatic carbocycles. The van der Waals surface area contributed by atoms with Crippen molar-refractivity contribution in [2.24, 2.45) is 0 Å². The van der Waals surface area contributed by atoms with E-state index in [0.29, 0.717) is 37.1 Å². The van der Waals surface area contributed by atoms with Crippen LogP contribution >= 0.6 is 0 Å². The van der Waals surface area contributed by atoms with E-state index in [0.717, 1.165) is 48.4 Å². The van der Waals surface area contributed by atoms with Crippen LogP contribution < -0.4 is 16.0 Å². The zero-order valence-corrected chi connectivity index (χ0v) is 22.7. The maximum absolute atomic E-state index is 12.8. The van der Waals surface area contributed by atoms with Crippen molar-refractivity contribution in [3.05, 3.63) is 53.7 Å².